The van der Waals surface area contributed by atoms with Crippen molar-refractivity contribution in [3.63, 3.8) is 0 Å². The van der Waals surface area contributed by atoms with E-state index in [0.717, 1.165) is 31.2 Å². The average molecular weight is 423 g/mol. The van der Waals surface area contributed by atoms with Crippen molar-refractivity contribution in [2.75, 3.05) is 4.90 Å². The smallest absolute Gasteiger partial charge is 0.238 e. The summed E-state index contributed by atoms with van der Waals surface area (Å²) in [7, 11) is 0. The number of carbonyl (C=O) groups excluding carboxylic acids is 2. The second-order valence-electron chi connectivity index (χ2n) is 6.60. The molecule has 25 heavy (non-hydrogen) atoms. The number of carbonyl (C=O) groups is 2. The van der Waals surface area contributed by atoms with Crippen LogP contribution in [0.15, 0.2) is 34.9 Å². The van der Waals surface area contributed by atoms with Crippen molar-refractivity contribution < 1.29 is 9.59 Å². The van der Waals surface area contributed by atoms with Crippen LogP contribution in [0.5, 0.6) is 0 Å². The molecule has 2 fully saturated rings. The van der Waals surface area contributed by atoms with Crippen molar-refractivity contribution >= 4 is 45.2 Å². The molecule has 1 aromatic carbocycles. The molecule has 7 heteroatoms. The fourth-order valence-electron chi connectivity index (χ4n) is 3.79. The number of hydrogen-bond acceptors (Lipinski definition) is 3. The first-order valence-electron chi connectivity index (χ1n) is 8.40. The number of aromatic nitrogens is 2. The van der Waals surface area contributed by atoms with Gasteiger partial charge in [0.1, 0.15) is 0 Å². The molecule has 5 nitrogen and oxygen atoms in total. The molecule has 2 atom stereocenters. The monoisotopic (exact) mass is 421 g/mol. The predicted molar refractivity (Wildman–Crippen MR) is 98.4 cm³/mol. The van der Waals surface area contributed by atoms with Gasteiger partial charge in [-0.05, 0) is 40.4 Å². The summed E-state index contributed by atoms with van der Waals surface area (Å²) >= 11 is 9.66. The lowest BCUT2D eigenvalue weighted by molar-refractivity contribution is -0.122. The van der Waals surface area contributed by atoms with Crippen LogP contribution in [0.1, 0.15) is 31.2 Å². The average Bonchev–Trinajstić information content (AvgIpc) is 3.08. The fraction of sp³-hybridized carbons (Fsp3) is 0.389. The maximum atomic E-state index is 12.7. The van der Waals surface area contributed by atoms with Crippen LogP contribution in [0.3, 0.4) is 0 Å². The number of anilines is 1. The topological polar surface area (TPSA) is 55.2 Å². The number of rotatable bonds is 3. The Balaban J connectivity index is 1.63. The van der Waals surface area contributed by atoms with Crippen molar-refractivity contribution in [1.82, 2.24) is 9.78 Å². The second-order valence-corrected chi connectivity index (χ2v) is 7.86. The number of benzene rings is 1. The van der Waals surface area contributed by atoms with Gasteiger partial charge in [-0.15, -0.1) is 0 Å². The van der Waals surface area contributed by atoms with Crippen LogP contribution in [-0.4, -0.2) is 21.6 Å². The highest BCUT2D eigenvalue weighted by Gasteiger charge is 2.50. The quantitative estimate of drug-likeness (QED) is 0.702. The van der Waals surface area contributed by atoms with Crippen molar-refractivity contribution in [1.29, 1.82) is 0 Å². The standard InChI is InChI=1S/C18H17BrClN3O2/c19-14-10-22(9-11-5-1-4-8-15(11)20)21-16(14)23-17(24)12-6-2-3-7-13(12)18(23)25/h1,4-5,8,10,12-13H,2-3,6-7,9H2. The maximum Gasteiger partial charge on any atom is 0.238 e. The van der Waals surface area contributed by atoms with Gasteiger partial charge in [0.2, 0.25) is 11.8 Å². The molecule has 1 aliphatic heterocycles. The van der Waals surface area contributed by atoms with E-state index in [2.05, 4.69) is 21.0 Å². The van der Waals surface area contributed by atoms with E-state index >= 15 is 0 Å². The minimum atomic E-state index is -0.179. The van der Waals surface area contributed by atoms with E-state index < -0.39 is 0 Å². The van der Waals surface area contributed by atoms with Gasteiger partial charge in [-0.2, -0.15) is 5.10 Å². The Bertz CT molecular complexity index is 827. The van der Waals surface area contributed by atoms with Gasteiger partial charge in [0.25, 0.3) is 0 Å². The molecule has 0 radical (unpaired) electrons. The highest BCUT2D eigenvalue weighted by Crippen LogP contribution is 2.41. The van der Waals surface area contributed by atoms with E-state index in [-0.39, 0.29) is 23.7 Å². The minimum absolute atomic E-state index is 0.113. The summed E-state index contributed by atoms with van der Waals surface area (Å²) in [5.41, 5.74) is 0.929. The first kappa shape index (κ1) is 16.8. The summed E-state index contributed by atoms with van der Waals surface area (Å²) in [6.07, 6.45) is 5.39. The molecule has 2 aromatic rings. The van der Waals surface area contributed by atoms with Gasteiger partial charge >= 0.3 is 0 Å². The molecule has 2 aliphatic rings. The molecule has 2 amide bonds. The SMILES string of the molecule is O=C1C2CCCCC2C(=O)N1c1nn(Cc2ccccc2Cl)cc1Br. The molecule has 4 rings (SSSR count). The number of hydrogen-bond donors (Lipinski definition) is 0. The third-order valence-electron chi connectivity index (χ3n) is 5.04. The van der Waals surface area contributed by atoms with Crippen LogP contribution < -0.4 is 4.90 Å². The minimum Gasteiger partial charge on any atom is -0.274 e. The zero-order chi connectivity index (χ0) is 17.6. The van der Waals surface area contributed by atoms with Gasteiger partial charge in [-0.3, -0.25) is 14.3 Å². The van der Waals surface area contributed by atoms with E-state index in [4.69, 9.17) is 11.6 Å². The van der Waals surface area contributed by atoms with E-state index in [9.17, 15) is 9.59 Å². The van der Waals surface area contributed by atoms with Gasteiger partial charge in [0.15, 0.2) is 5.82 Å². The van der Waals surface area contributed by atoms with Gasteiger partial charge in [-0.25, -0.2) is 4.90 Å². The summed E-state index contributed by atoms with van der Waals surface area (Å²) in [6.45, 7) is 0.474. The number of amides is 2. The van der Waals surface area contributed by atoms with E-state index in [0.29, 0.717) is 21.9 Å². The molecule has 0 N–H and O–H groups in total. The van der Waals surface area contributed by atoms with E-state index in [1.807, 2.05) is 24.3 Å². The Kier molecular flexibility index (Phi) is 4.41. The Morgan fingerprint density at radius 3 is 2.40 bits per heavy atom. The third-order valence-corrected chi connectivity index (χ3v) is 5.97. The molecule has 1 aliphatic carbocycles. The van der Waals surface area contributed by atoms with Crippen molar-refractivity contribution in [3.05, 3.63) is 45.5 Å². The zero-order valence-corrected chi connectivity index (χ0v) is 15.8. The first-order chi connectivity index (χ1) is 12.1. The molecular weight excluding hydrogens is 406 g/mol. The van der Waals surface area contributed by atoms with Crippen LogP contribution in [0, 0.1) is 11.8 Å². The lowest BCUT2D eigenvalue weighted by Crippen LogP contribution is -2.31. The molecule has 1 saturated carbocycles. The van der Waals surface area contributed by atoms with Crippen molar-refractivity contribution in [2.45, 2.75) is 32.2 Å². The number of nitrogens with zero attached hydrogens (tertiary/aromatic N) is 3. The van der Waals surface area contributed by atoms with Gasteiger partial charge in [-0.1, -0.05) is 42.6 Å². The van der Waals surface area contributed by atoms with Crippen molar-refractivity contribution in [3.8, 4) is 0 Å². The van der Waals surface area contributed by atoms with Crippen molar-refractivity contribution in [2.24, 2.45) is 11.8 Å². The van der Waals surface area contributed by atoms with Gasteiger partial charge in [0, 0.05) is 11.2 Å². The molecule has 2 heterocycles. The Morgan fingerprint density at radius 2 is 1.76 bits per heavy atom. The largest absolute Gasteiger partial charge is 0.274 e. The zero-order valence-electron chi connectivity index (χ0n) is 13.5. The lowest BCUT2D eigenvalue weighted by Gasteiger charge is -2.19. The van der Waals surface area contributed by atoms with Gasteiger partial charge < -0.3 is 0 Å². The van der Waals surface area contributed by atoms with Crippen LogP contribution >= 0.6 is 27.5 Å². The predicted octanol–water partition coefficient (Wildman–Crippen LogP) is 4.03. The summed E-state index contributed by atoms with van der Waals surface area (Å²) in [5.74, 6) is -0.197. The Labute approximate surface area is 159 Å². The lowest BCUT2D eigenvalue weighted by atomic mass is 9.81. The summed E-state index contributed by atoms with van der Waals surface area (Å²) in [6, 6.07) is 7.55. The molecule has 0 bridgehead atoms. The molecule has 1 aromatic heterocycles. The highest BCUT2D eigenvalue weighted by atomic mass is 79.9. The number of halogens is 2. The Hall–Kier alpha value is -1.66. The first-order valence-corrected chi connectivity index (χ1v) is 9.57. The summed E-state index contributed by atoms with van der Waals surface area (Å²) in [4.78, 5) is 26.7. The molecular formula is C18H17BrClN3O2. The molecule has 0 spiro atoms. The third kappa shape index (κ3) is 2.91. The van der Waals surface area contributed by atoms with E-state index in [1.165, 1.54) is 4.90 Å². The van der Waals surface area contributed by atoms with Crippen LogP contribution in [0.25, 0.3) is 0 Å². The summed E-state index contributed by atoms with van der Waals surface area (Å²) < 4.78 is 2.34. The maximum absolute atomic E-state index is 12.7. The summed E-state index contributed by atoms with van der Waals surface area (Å²) in [5, 5.41) is 5.14. The molecule has 1 saturated heterocycles. The normalized spacial score (nSPS) is 23.2. The van der Waals surface area contributed by atoms with Crippen LogP contribution in [0.2, 0.25) is 5.02 Å². The highest BCUT2D eigenvalue weighted by molar-refractivity contribution is 9.10. The fourth-order valence-corrected chi connectivity index (χ4v) is 4.48. The number of imide groups is 1. The number of fused-ring (bicyclic) bond motifs is 1. The van der Waals surface area contributed by atoms with Gasteiger partial charge in [0.05, 0.1) is 22.9 Å². The van der Waals surface area contributed by atoms with Crippen LogP contribution in [-0.2, 0) is 16.1 Å². The Morgan fingerprint density at radius 1 is 1.12 bits per heavy atom. The van der Waals surface area contributed by atoms with E-state index in [1.54, 1.807) is 10.9 Å². The molecule has 130 valence electrons. The second kappa shape index (κ2) is 6.57. The molecule has 2 unspecified atom stereocenters. The van der Waals surface area contributed by atoms with Crippen LogP contribution in [0.4, 0.5) is 5.82 Å².